The van der Waals surface area contributed by atoms with Crippen molar-refractivity contribution in [2.45, 2.75) is 6.42 Å². The van der Waals surface area contributed by atoms with Gasteiger partial charge < -0.3 is 20.1 Å². The minimum Gasteiger partial charge on any atom is -0.507 e. The number of aliphatic carboxylic acids is 1. The van der Waals surface area contributed by atoms with Crippen molar-refractivity contribution in [2.75, 3.05) is 11.5 Å². The number of thioether (sulfide) groups is 1. The lowest BCUT2D eigenvalue weighted by Crippen LogP contribution is -2.27. The second-order valence-electron chi connectivity index (χ2n) is 6.09. The third-order valence-electron chi connectivity index (χ3n) is 4.00. The molecule has 2 aromatic carbocycles. The molecule has 154 valence electrons. The van der Waals surface area contributed by atoms with Crippen molar-refractivity contribution in [1.82, 2.24) is 0 Å². The first-order valence-corrected chi connectivity index (χ1v) is 9.77. The van der Waals surface area contributed by atoms with Crippen LogP contribution in [0.15, 0.2) is 47.4 Å². The number of carboxylic acids is 2. The van der Waals surface area contributed by atoms with Gasteiger partial charge in [-0.3, -0.25) is 14.5 Å². The topological polar surface area (TPSA) is 124 Å². The molecule has 10 heteroatoms. The zero-order valence-electron chi connectivity index (χ0n) is 15.3. The van der Waals surface area contributed by atoms with Crippen LogP contribution in [0.4, 0.5) is 5.69 Å². The van der Waals surface area contributed by atoms with Crippen molar-refractivity contribution in [2.24, 2.45) is 0 Å². The van der Waals surface area contributed by atoms with Crippen LogP contribution in [-0.2, 0) is 9.59 Å². The van der Waals surface area contributed by atoms with Crippen LogP contribution >= 0.6 is 24.0 Å². The van der Waals surface area contributed by atoms with Gasteiger partial charge in [0.15, 0.2) is 4.32 Å². The normalized spacial score (nSPS) is 14.9. The van der Waals surface area contributed by atoms with Crippen LogP contribution in [0.25, 0.3) is 6.08 Å². The molecular formula is C20H15NO7S2. The van der Waals surface area contributed by atoms with E-state index in [2.05, 4.69) is 0 Å². The largest absolute Gasteiger partial charge is 0.507 e. The number of carbonyl (C=O) groups is 3. The maximum absolute atomic E-state index is 12.8. The molecular weight excluding hydrogens is 430 g/mol. The fourth-order valence-electron chi connectivity index (χ4n) is 2.63. The van der Waals surface area contributed by atoms with E-state index >= 15 is 0 Å². The summed E-state index contributed by atoms with van der Waals surface area (Å²) in [5.41, 5.74) is 0.640. The number of hydrogen-bond acceptors (Lipinski definition) is 7. The van der Waals surface area contributed by atoms with Crippen LogP contribution < -0.4 is 9.64 Å². The highest BCUT2D eigenvalue weighted by atomic mass is 32.2. The van der Waals surface area contributed by atoms with Crippen LogP contribution in [0.3, 0.4) is 0 Å². The lowest BCUT2D eigenvalue weighted by molar-refractivity contribution is -0.137. The fraction of sp³-hybridized carbons (Fsp3) is 0.100. The highest BCUT2D eigenvalue weighted by Crippen LogP contribution is 2.37. The summed E-state index contributed by atoms with van der Waals surface area (Å²) >= 11 is 6.34. The van der Waals surface area contributed by atoms with Gasteiger partial charge in [0.1, 0.15) is 17.1 Å². The number of rotatable bonds is 7. The quantitative estimate of drug-likeness (QED) is 0.435. The van der Waals surface area contributed by atoms with E-state index in [-0.39, 0.29) is 28.6 Å². The van der Waals surface area contributed by atoms with E-state index in [4.69, 9.17) is 27.2 Å². The molecule has 8 nitrogen and oxygen atoms in total. The van der Waals surface area contributed by atoms with Crippen LogP contribution in [-0.4, -0.2) is 44.1 Å². The van der Waals surface area contributed by atoms with Gasteiger partial charge in [0, 0.05) is 6.07 Å². The van der Waals surface area contributed by atoms with E-state index in [1.807, 2.05) is 0 Å². The van der Waals surface area contributed by atoms with Gasteiger partial charge in [-0.05, 0) is 35.9 Å². The Morgan fingerprint density at radius 1 is 1.17 bits per heavy atom. The van der Waals surface area contributed by atoms with Crippen molar-refractivity contribution in [3.05, 3.63) is 58.5 Å². The van der Waals surface area contributed by atoms with Gasteiger partial charge in [0.05, 0.1) is 23.6 Å². The van der Waals surface area contributed by atoms with Crippen LogP contribution in [0.1, 0.15) is 22.3 Å². The highest BCUT2D eigenvalue weighted by molar-refractivity contribution is 8.27. The number of aromatic hydroxyl groups is 1. The molecule has 1 amide bonds. The van der Waals surface area contributed by atoms with Crippen molar-refractivity contribution in [1.29, 1.82) is 0 Å². The summed E-state index contributed by atoms with van der Waals surface area (Å²) in [5, 5.41) is 27.6. The Morgan fingerprint density at radius 2 is 1.93 bits per heavy atom. The predicted molar refractivity (Wildman–Crippen MR) is 115 cm³/mol. The van der Waals surface area contributed by atoms with Crippen LogP contribution in [0, 0.1) is 0 Å². The summed E-state index contributed by atoms with van der Waals surface area (Å²) in [6, 6.07) is 10.6. The number of carboxylic acid groups (broad SMARTS) is 2. The number of benzene rings is 2. The molecule has 0 unspecified atom stereocenters. The maximum Gasteiger partial charge on any atom is 0.339 e. The zero-order valence-corrected chi connectivity index (χ0v) is 16.9. The molecule has 0 radical (unpaired) electrons. The fourth-order valence-corrected chi connectivity index (χ4v) is 3.93. The number of anilines is 1. The van der Waals surface area contributed by atoms with Gasteiger partial charge in [-0.1, -0.05) is 36.1 Å². The molecule has 3 N–H and O–H groups in total. The number of ether oxygens (including phenoxy) is 1. The molecule has 1 aliphatic rings. The lowest BCUT2D eigenvalue weighted by atomic mass is 10.1. The number of phenols is 1. The molecule has 0 spiro atoms. The van der Waals surface area contributed by atoms with Crippen LogP contribution in [0.2, 0.25) is 0 Å². The maximum atomic E-state index is 12.8. The van der Waals surface area contributed by atoms with Crippen molar-refractivity contribution < 1.29 is 34.4 Å². The smallest absolute Gasteiger partial charge is 0.339 e. The van der Waals surface area contributed by atoms with E-state index < -0.39 is 23.6 Å². The summed E-state index contributed by atoms with van der Waals surface area (Å²) in [4.78, 5) is 36.0. The van der Waals surface area contributed by atoms with Crippen molar-refractivity contribution in [3.8, 4) is 11.5 Å². The zero-order chi connectivity index (χ0) is 21.8. The lowest BCUT2D eigenvalue weighted by Gasteiger charge is -2.15. The molecule has 0 aliphatic carbocycles. The number of carbonyl (C=O) groups excluding carboxylic acids is 1. The molecule has 1 heterocycles. The molecule has 0 bridgehead atoms. The number of amides is 1. The Labute approximate surface area is 180 Å². The first-order valence-electron chi connectivity index (χ1n) is 8.55. The molecule has 30 heavy (non-hydrogen) atoms. The van der Waals surface area contributed by atoms with E-state index in [0.29, 0.717) is 16.2 Å². The summed E-state index contributed by atoms with van der Waals surface area (Å²) in [6.45, 7) is 0.0245. The molecule has 0 saturated carbocycles. The van der Waals surface area contributed by atoms with Gasteiger partial charge in [-0.2, -0.15) is 0 Å². The Kier molecular flexibility index (Phi) is 6.38. The van der Waals surface area contributed by atoms with Gasteiger partial charge >= 0.3 is 11.9 Å². The SMILES string of the molecule is O=C(O)CCOc1cccc(/C=C2\SC(=S)N(c3ccc(C(=O)O)c(O)c3)C2=O)c1. The molecule has 0 atom stereocenters. The van der Waals surface area contributed by atoms with E-state index in [9.17, 15) is 19.5 Å². The number of nitrogens with zero attached hydrogens (tertiary/aromatic N) is 1. The Bertz CT molecular complexity index is 1080. The Morgan fingerprint density at radius 3 is 2.60 bits per heavy atom. The van der Waals surface area contributed by atoms with Crippen molar-refractivity contribution in [3.63, 3.8) is 0 Å². The van der Waals surface area contributed by atoms with Crippen molar-refractivity contribution >= 4 is 57.9 Å². The van der Waals surface area contributed by atoms with E-state index in [1.54, 1.807) is 30.3 Å². The number of hydrogen-bond donors (Lipinski definition) is 3. The minimum atomic E-state index is -1.28. The molecule has 2 aromatic rings. The standard InChI is InChI=1S/C20H15NO7S2/c22-15-10-12(4-5-14(15)19(26)27)21-18(25)16(30-20(21)29)9-11-2-1-3-13(8-11)28-7-6-17(23)24/h1-5,8-10,22H,6-7H2,(H,23,24)(H,26,27)/b16-9-. The average Bonchev–Trinajstić information content (AvgIpc) is 2.94. The van der Waals surface area contributed by atoms with Crippen LogP contribution in [0.5, 0.6) is 11.5 Å². The predicted octanol–water partition coefficient (Wildman–Crippen LogP) is 3.35. The monoisotopic (exact) mass is 445 g/mol. The van der Waals surface area contributed by atoms with Gasteiger partial charge in [0.25, 0.3) is 5.91 Å². The summed E-state index contributed by atoms with van der Waals surface area (Å²) < 4.78 is 5.63. The number of aromatic carboxylic acids is 1. The van der Waals surface area contributed by atoms with Gasteiger partial charge in [0.2, 0.25) is 0 Å². The molecule has 0 aromatic heterocycles. The van der Waals surface area contributed by atoms with E-state index in [1.165, 1.54) is 23.1 Å². The second-order valence-corrected chi connectivity index (χ2v) is 7.76. The molecule has 1 aliphatic heterocycles. The van der Waals surface area contributed by atoms with Gasteiger partial charge in [-0.25, -0.2) is 4.79 Å². The number of thiocarbonyl (C=S) groups is 1. The first-order chi connectivity index (χ1) is 14.3. The highest BCUT2D eigenvalue weighted by Gasteiger charge is 2.33. The first kappa shape index (κ1) is 21.3. The Balaban J connectivity index is 1.81. The Hall–Kier alpha value is -3.37. The summed E-state index contributed by atoms with van der Waals surface area (Å²) in [6.07, 6.45) is 1.49. The average molecular weight is 445 g/mol. The molecule has 1 saturated heterocycles. The third kappa shape index (κ3) is 4.78. The van der Waals surface area contributed by atoms with E-state index in [0.717, 1.165) is 11.8 Å². The minimum absolute atomic E-state index is 0.0245. The molecule has 3 rings (SSSR count). The summed E-state index contributed by atoms with van der Waals surface area (Å²) in [5.74, 6) is -2.66. The second kappa shape index (κ2) is 8.97. The molecule has 1 fully saturated rings. The summed E-state index contributed by atoms with van der Waals surface area (Å²) in [7, 11) is 0. The van der Waals surface area contributed by atoms with Gasteiger partial charge in [-0.15, -0.1) is 0 Å². The third-order valence-corrected chi connectivity index (χ3v) is 5.31.